The lowest BCUT2D eigenvalue weighted by molar-refractivity contribution is -0.176. The molecule has 0 aromatic heterocycles. The van der Waals surface area contributed by atoms with Gasteiger partial charge in [0.15, 0.2) is 6.10 Å². The van der Waals surface area contributed by atoms with Crippen LogP contribution in [0.3, 0.4) is 0 Å². The summed E-state index contributed by atoms with van der Waals surface area (Å²) in [4.78, 5) is 167. The Morgan fingerprint density at radius 3 is 1.27 bits per heavy atom. The molecule has 30 nitrogen and oxygen atoms in total. The van der Waals surface area contributed by atoms with E-state index in [0.717, 1.165) is 9.80 Å². The Bertz CT molecular complexity index is 3600. The Morgan fingerprint density at radius 2 is 0.863 bits per heavy atom. The minimum absolute atomic E-state index is 0.0625. The van der Waals surface area contributed by atoms with Crippen molar-refractivity contribution in [3.63, 3.8) is 0 Å². The summed E-state index contributed by atoms with van der Waals surface area (Å²) < 4.78 is 12.1. The number of cyclic esters (lactones) is 2. The van der Waals surface area contributed by atoms with Crippen molar-refractivity contribution in [2.45, 2.75) is 263 Å². The second-order valence-corrected chi connectivity index (χ2v) is 31.4. The number of benzene rings is 2. The van der Waals surface area contributed by atoms with E-state index in [1.165, 1.54) is 23.6 Å². The lowest BCUT2D eigenvalue weighted by atomic mass is 9.86. The molecule has 6 fully saturated rings. The summed E-state index contributed by atoms with van der Waals surface area (Å²) in [7, 11) is 0. The van der Waals surface area contributed by atoms with Crippen molar-refractivity contribution in [3.8, 4) is 11.1 Å². The minimum atomic E-state index is -2.16. The molecule has 0 radical (unpaired) electrons. The van der Waals surface area contributed by atoms with E-state index in [2.05, 4.69) is 42.5 Å². The van der Waals surface area contributed by atoms with Crippen LogP contribution in [0.25, 0.3) is 11.1 Å². The summed E-state index contributed by atoms with van der Waals surface area (Å²) in [5.74, 6) is -12.2. The van der Waals surface area contributed by atoms with Crippen LogP contribution in [-0.4, -0.2) is 227 Å². The predicted molar refractivity (Wildman–Crippen MR) is 368 cm³/mol. The van der Waals surface area contributed by atoms with E-state index in [4.69, 9.17) is 9.47 Å². The first-order valence-electron chi connectivity index (χ1n) is 36.1. The SMILES string of the molecule is CC(C)C[C@@H]1NC(=O)[C@H]2CCCN2C(=O)[C@H](C(C)C)OC(=O)[C@@H](C(C)C)NC(=O)[C@@H]2C[C@@]3(O)c4cc(-c5ccc6c(c5)[C@]5(O)C[C@H]7C(=O)N[C@H](C(C)C)C(=O)O[C@@H](C(C)C)C(O)N8CCC[C@@H]8C(=O)N[C@@H](CC(C)C)C(=O)N[C@H]([C@H](C)O)C(=O)N7[C@@H]5N6)ccc4N[C@H]3N2C(=O)[C@@H]([C@H](C)O)NC1=O. The zero-order chi connectivity index (χ0) is 74.8. The number of hydrogen-bond acceptors (Lipinski definition) is 21. The van der Waals surface area contributed by atoms with Gasteiger partial charge in [-0.05, 0) is 123 Å². The molecule has 102 heavy (non-hydrogen) atoms. The van der Waals surface area contributed by atoms with Crippen LogP contribution in [0.5, 0.6) is 0 Å². The van der Waals surface area contributed by atoms with Gasteiger partial charge in [0.05, 0.1) is 18.2 Å². The van der Waals surface area contributed by atoms with Gasteiger partial charge < -0.3 is 92.2 Å². The summed E-state index contributed by atoms with van der Waals surface area (Å²) in [6, 6.07) is -4.42. The molecule has 2 aromatic rings. The van der Waals surface area contributed by atoms with Gasteiger partial charge in [0.25, 0.3) is 5.91 Å². The lowest BCUT2D eigenvalue weighted by Gasteiger charge is -2.38. The number of aliphatic hydroxyl groups excluding tert-OH is 3. The molecule has 13 N–H and O–H groups in total. The molecule has 0 saturated carbocycles. The third-order valence-corrected chi connectivity index (χ3v) is 21.4. The highest BCUT2D eigenvalue weighted by Gasteiger charge is 2.64. The summed E-state index contributed by atoms with van der Waals surface area (Å²) >= 11 is 0. The molecule has 9 amide bonds. The zero-order valence-electron chi connectivity index (χ0n) is 60.6. The summed E-state index contributed by atoms with van der Waals surface area (Å²) in [6.07, 6.45) is -9.83. The Balaban J connectivity index is 1.01. The number of esters is 2. The molecule has 6 saturated heterocycles. The third-order valence-electron chi connectivity index (χ3n) is 21.4. The van der Waals surface area contributed by atoms with Gasteiger partial charge in [-0.25, -0.2) is 9.59 Å². The number of nitrogens with one attached hydrogen (secondary N) is 8. The lowest BCUT2D eigenvalue weighted by Crippen LogP contribution is -2.64. The van der Waals surface area contributed by atoms with Gasteiger partial charge in [-0.3, -0.25) is 48.1 Å². The standard InChI is InChI=1S/C72H104N12O18/c1-31(2)25-45-57(87)79-53(37(13)85)63(93)83-49(61(91)77-51(33(5)6)67(97)101-55(35(9)10)65(95)81-23-15-17-47(81)59(89)73-45)29-71(99)41-27-39(19-21-43(41)75-69(71)83)40-20-22-44-42(28-40)72(100)30-50-62(92)78-52(34(7)8)68(98)102-56(36(11)12)66(96)82-24-16-18-48(82)60(90)74-46(26-32(3)4)58(88)80-54(38(14)86)64(94)84(50)70(72)76-44/h19-22,27-28,31-38,45-56,65,69-70,75-76,85-86,95,99-100H,15-18,23-26,29-30H2,1-14H3,(H,73,89)(H,74,90)(H,77,91)(H,78,92)(H,79,87)(H,80,88)/t37-,38-,45-,46-,47+,48+,49-,50-,51+,52+,53+,54+,55-,56-,65?,69-,70-,71+,72+/m0/s1. The van der Waals surface area contributed by atoms with Crippen LogP contribution in [0.2, 0.25) is 0 Å². The maximum atomic E-state index is 15.5. The first-order chi connectivity index (χ1) is 47.9. The van der Waals surface area contributed by atoms with Crippen LogP contribution in [0.15, 0.2) is 36.4 Å². The highest BCUT2D eigenvalue weighted by molar-refractivity contribution is 6.00. The normalized spacial score (nSPS) is 33.8. The van der Waals surface area contributed by atoms with Crippen molar-refractivity contribution in [1.82, 2.24) is 51.5 Å². The van der Waals surface area contributed by atoms with Crippen molar-refractivity contribution in [2.75, 3.05) is 23.7 Å². The predicted octanol–water partition coefficient (Wildman–Crippen LogP) is 0.445. The molecule has 10 rings (SSSR count). The van der Waals surface area contributed by atoms with Crippen LogP contribution in [0.1, 0.15) is 159 Å². The van der Waals surface area contributed by atoms with Gasteiger partial charge in [0, 0.05) is 48.4 Å². The molecule has 0 spiro atoms. The Hall–Kier alpha value is -8.03. The van der Waals surface area contributed by atoms with E-state index in [-0.39, 0.29) is 55.3 Å². The molecule has 30 heteroatoms. The number of rotatable bonds is 11. The molecular weight excluding hydrogens is 1320 g/mol. The fourth-order valence-electron chi connectivity index (χ4n) is 15.9. The monoisotopic (exact) mass is 1420 g/mol. The van der Waals surface area contributed by atoms with E-state index >= 15 is 19.2 Å². The van der Waals surface area contributed by atoms with Gasteiger partial charge in [-0.1, -0.05) is 95.2 Å². The molecule has 2 aromatic carbocycles. The first-order valence-corrected chi connectivity index (χ1v) is 36.1. The number of anilines is 2. The van der Waals surface area contributed by atoms with Crippen LogP contribution in [0, 0.1) is 35.5 Å². The minimum Gasteiger partial charge on any atom is -0.456 e. The van der Waals surface area contributed by atoms with Crippen molar-refractivity contribution in [1.29, 1.82) is 0 Å². The number of nitrogens with zero attached hydrogens (tertiary/aromatic N) is 4. The number of amides is 9. The molecule has 0 aliphatic carbocycles. The average molecular weight is 1430 g/mol. The van der Waals surface area contributed by atoms with E-state index < -0.39 is 216 Å². The van der Waals surface area contributed by atoms with E-state index in [9.17, 15) is 59.1 Å². The van der Waals surface area contributed by atoms with Crippen LogP contribution in [0.4, 0.5) is 11.4 Å². The molecular formula is C72H104N12O18. The quantitative estimate of drug-likeness (QED) is 0.136. The van der Waals surface area contributed by atoms with Crippen molar-refractivity contribution in [2.24, 2.45) is 35.5 Å². The second kappa shape index (κ2) is 30.0. The number of carbonyl (C=O) groups excluding carboxylic acids is 11. The van der Waals surface area contributed by atoms with E-state index in [1.807, 2.05) is 27.7 Å². The molecule has 0 bridgehead atoms. The first kappa shape index (κ1) is 76.6. The van der Waals surface area contributed by atoms with Gasteiger partial charge in [-0.15, -0.1) is 0 Å². The summed E-state index contributed by atoms with van der Waals surface area (Å²) in [5.41, 5.74) is -2.55. The van der Waals surface area contributed by atoms with Crippen LogP contribution >= 0.6 is 0 Å². The fraction of sp³-hybridized carbons (Fsp3) is 0.681. The average Bonchev–Trinajstić information content (AvgIpc) is 1.55. The highest BCUT2D eigenvalue weighted by atomic mass is 16.6. The number of carbonyl (C=O) groups is 11. The molecule has 560 valence electrons. The van der Waals surface area contributed by atoms with Gasteiger partial charge in [0.2, 0.25) is 47.3 Å². The molecule has 8 aliphatic rings. The van der Waals surface area contributed by atoms with Crippen molar-refractivity contribution in [3.05, 3.63) is 47.5 Å². The number of fused-ring (bicyclic) bond motifs is 12. The summed E-state index contributed by atoms with van der Waals surface area (Å²) in [5, 5.41) is 84.5. The Kier molecular flexibility index (Phi) is 22.5. The second-order valence-electron chi connectivity index (χ2n) is 31.4. The maximum absolute atomic E-state index is 15.5. The summed E-state index contributed by atoms with van der Waals surface area (Å²) in [6.45, 7) is 23.6. The number of aliphatic hydroxyl groups is 5. The van der Waals surface area contributed by atoms with Crippen LogP contribution < -0.4 is 42.5 Å². The molecule has 8 aliphatic heterocycles. The molecule has 8 heterocycles. The Labute approximate surface area is 594 Å². The number of ether oxygens (including phenoxy) is 2. The van der Waals surface area contributed by atoms with Gasteiger partial charge in [0.1, 0.15) is 90.2 Å². The zero-order valence-corrected chi connectivity index (χ0v) is 60.6. The molecule has 1 unspecified atom stereocenters. The van der Waals surface area contributed by atoms with Gasteiger partial charge in [-0.2, -0.15) is 0 Å². The van der Waals surface area contributed by atoms with Gasteiger partial charge >= 0.3 is 11.9 Å². The smallest absolute Gasteiger partial charge is 0.329 e. The number of hydrogen-bond donors (Lipinski definition) is 13. The van der Waals surface area contributed by atoms with Crippen molar-refractivity contribution < 1.29 is 87.7 Å². The van der Waals surface area contributed by atoms with Crippen LogP contribution in [-0.2, 0) is 73.4 Å². The van der Waals surface area contributed by atoms with Crippen molar-refractivity contribution >= 4 is 76.5 Å². The van der Waals surface area contributed by atoms with E-state index in [0.29, 0.717) is 41.8 Å². The maximum Gasteiger partial charge on any atom is 0.329 e. The fourth-order valence-corrected chi connectivity index (χ4v) is 15.9. The Morgan fingerprint density at radius 1 is 0.461 bits per heavy atom. The highest BCUT2D eigenvalue weighted by Crippen LogP contribution is 2.53. The van der Waals surface area contributed by atoms with E-state index in [1.54, 1.807) is 91.8 Å². The topological polar surface area (TPSA) is 417 Å². The largest absolute Gasteiger partial charge is 0.456 e. The third kappa shape index (κ3) is 14.6. The molecule has 19 atom stereocenters.